The van der Waals surface area contributed by atoms with Crippen molar-refractivity contribution in [3.8, 4) is 5.69 Å². The first-order valence-electron chi connectivity index (χ1n) is 6.53. The second-order valence-electron chi connectivity index (χ2n) is 4.98. The van der Waals surface area contributed by atoms with E-state index < -0.39 is 0 Å². The van der Waals surface area contributed by atoms with Gasteiger partial charge in [-0.3, -0.25) is 9.55 Å². The second kappa shape index (κ2) is 3.82. The molecular formula is C15H14N4. The molecule has 4 heteroatoms. The Balaban J connectivity index is 1.97. The molecule has 2 heterocycles. The molecule has 0 bridgehead atoms. The van der Waals surface area contributed by atoms with Crippen molar-refractivity contribution < 1.29 is 0 Å². The lowest BCUT2D eigenvalue weighted by Gasteiger charge is -2.08. The van der Waals surface area contributed by atoms with Gasteiger partial charge in [0.2, 0.25) is 5.95 Å². The number of fused-ring (bicyclic) bond motifs is 2. The molecule has 0 fully saturated rings. The van der Waals surface area contributed by atoms with Crippen molar-refractivity contribution >= 4 is 17.0 Å². The lowest BCUT2D eigenvalue weighted by molar-refractivity contribution is 0.911. The summed E-state index contributed by atoms with van der Waals surface area (Å²) in [5.41, 5.74) is 11.9. The number of nitrogens with two attached hydrogens (primary N) is 1. The quantitative estimate of drug-likeness (QED) is 0.722. The Morgan fingerprint density at radius 2 is 2.00 bits per heavy atom. The van der Waals surface area contributed by atoms with E-state index in [1.165, 1.54) is 24.0 Å². The largest absolute Gasteiger partial charge is 0.369 e. The van der Waals surface area contributed by atoms with E-state index >= 15 is 0 Å². The molecule has 0 saturated carbocycles. The van der Waals surface area contributed by atoms with Crippen LogP contribution in [0, 0.1) is 0 Å². The van der Waals surface area contributed by atoms with E-state index in [0.29, 0.717) is 5.95 Å². The van der Waals surface area contributed by atoms with Gasteiger partial charge in [-0.25, -0.2) is 4.98 Å². The first-order valence-corrected chi connectivity index (χ1v) is 6.53. The van der Waals surface area contributed by atoms with Gasteiger partial charge < -0.3 is 5.73 Å². The summed E-state index contributed by atoms with van der Waals surface area (Å²) in [4.78, 5) is 8.45. The van der Waals surface area contributed by atoms with Crippen LogP contribution in [0.3, 0.4) is 0 Å². The Kier molecular flexibility index (Phi) is 2.12. The predicted molar refractivity (Wildman–Crippen MR) is 75.3 cm³/mol. The first-order chi connectivity index (χ1) is 9.33. The average molecular weight is 250 g/mol. The number of aryl methyl sites for hydroxylation is 2. The molecule has 2 aromatic heterocycles. The van der Waals surface area contributed by atoms with Crippen molar-refractivity contribution in [3.05, 3.63) is 47.8 Å². The highest BCUT2D eigenvalue weighted by molar-refractivity contribution is 5.79. The minimum absolute atomic E-state index is 0.515. The van der Waals surface area contributed by atoms with Crippen molar-refractivity contribution in [2.75, 3.05) is 5.73 Å². The number of nitrogens with zero attached hydrogens (tertiary/aromatic N) is 3. The van der Waals surface area contributed by atoms with Crippen molar-refractivity contribution in [1.29, 1.82) is 0 Å². The Morgan fingerprint density at radius 3 is 2.95 bits per heavy atom. The van der Waals surface area contributed by atoms with Crippen LogP contribution >= 0.6 is 0 Å². The minimum atomic E-state index is 0.515. The van der Waals surface area contributed by atoms with Crippen LogP contribution in [0.1, 0.15) is 17.5 Å². The van der Waals surface area contributed by atoms with Gasteiger partial charge in [0.25, 0.3) is 0 Å². The normalized spacial score (nSPS) is 13.9. The molecule has 4 rings (SSSR count). The molecule has 4 nitrogen and oxygen atoms in total. The number of benzene rings is 1. The molecule has 2 N–H and O–H groups in total. The zero-order valence-electron chi connectivity index (χ0n) is 10.5. The summed E-state index contributed by atoms with van der Waals surface area (Å²) in [6, 6.07) is 8.53. The van der Waals surface area contributed by atoms with Crippen molar-refractivity contribution in [2.24, 2.45) is 0 Å². The van der Waals surface area contributed by atoms with Gasteiger partial charge in [0.05, 0.1) is 11.7 Å². The smallest absolute Gasteiger partial charge is 0.205 e. The minimum Gasteiger partial charge on any atom is -0.369 e. The fourth-order valence-electron chi connectivity index (χ4n) is 2.92. The number of pyridine rings is 1. The summed E-state index contributed by atoms with van der Waals surface area (Å²) in [6.45, 7) is 0. The second-order valence-corrected chi connectivity index (χ2v) is 4.98. The lowest BCUT2D eigenvalue weighted by atomic mass is 10.1. The highest BCUT2D eigenvalue weighted by Crippen LogP contribution is 2.27. The van der Waals surface area contributed by atoms with Crippen LogP contribution < -0.4 is 5.73 Å². The fraction of sp³-hybridized carbons (Fsp3) is 0.200. The molecule has 0 unspecified atom stereocenters. The van der Waals surface area contributed by atoms with Crippen LogP contribution in [0.25, 0.3) is 16.7 Å². The Bertz CT molecular complexity index is 773. The maximum Gasteiger partial charge on any atom is 0.205 e. The predicted octanol–water partition coefficient (Wildman–Crippen LogP) is 2.49. The van der Waals surface area contributed by atoms with Crippen LogP contribution in [0.4, 0.5) is 5.95 Å². The summed E-state index contributed by atoms with van der Waals surface area (Å²) in [6.07, 6.45) is 7.13. The maximum atomic E-state index is 6.05. The van der Waals surface area contributed by atoms with E-state index in [0.717, 1.165) is 23.1 Å². The van der Waals surface area contributed by atoms with Crippen LogP contribution in [-0.2, 0) is 12.8 Å². The van der Waals surface area contributed by atoms with Gasteiger partial charge in [-0.1, -0.05) is 6.07 Å². The summed E-state index contributed by atoms with van der Waals surface area (Å²) in [5.74, 6) is 0.515. The van der Waals surface area contributed by atoms with E-state index in [1.807, 2.05) is 10.6 Å². The SMILES string of the molecule is Nc1nc2cnccc2n1-c1ccc2c(c1)CCC2. The van der Waals surface area contributed by atoms with E-state index in [9.17, 15) is 0 Å². The highest BCUT2D eigenvalue weighted by atomic mass is 15.2. The Labute approximate surface area is 110 Å². The molecule has 1 aromatic carbocycles. The fourth-order valence-corrected chi connectivity index (χ4v) is 2.92. The molecular weight excluding hydrogens is 236 g/mol. The highest BCUT2D eigenvalue weighted by Gasteiger charge is 2.14. The number of hydrogen-bond acceptors (Lipinski definition) is 3. The summed E-state index contributed by atoms with van der Waals surface area (Å²) >= 11 is 0. The first kappa shape index (κ1) is 10.6. The number of imidazole rings is 1. The van der Waals surface area contributed by atoms with Gasteiger partial charge in [0, 0.05) is 11.9 Å². The summed E-state index contributed by atoms with van der Waals surface area (Å²) in [7, 11) is 0. The standard InChI is InChI=1S/C15H14N4/c16-15-18-13-9-17-7-6-14(13)19(15)12-5-4-10-2-1-3-11(10)8-12/h4-9H,1-3H2,(H2,16,18). The molecule has 0 saturated heterocycles. The van der Waals surface area contributed by atoms with E-state index in [-0.39, 0.29) is 0 Å². The zero-order chi connectivity index (χ0) is 12.8. The van der Waals surface area contributed by atoms with Gasteiger partial charge in [-0.15, -0.1) is 0 Å². The van der Waals surface area contributed by atoms with E-state index in [2.05, 4.69) is 28.2 Å². The number of hydrogen-bond donors (Lipinski definition) is 1. The number of aromatic nitrogens is 3. The van der Waals surface area contributed by atoms with Gasteiger partial charge in [0.1, 0.15) is 5.52 Å². The topological polar surface area (TPSA) is 56.7 Å². The van der Waals surface area contributed by atoms with Crippen LogP contribution in [0.15, 0.2) is 36.7 Å². The third kappa shape index (κ3) is 1.53. The lowest BCUT2D eigenvalue weighted by Crippen LogP contribution is -2.01. The van der Waals surface area contributed by atoms with Crippen molar-refractivity contribution in [1.82, 2.24) is 14.5 Å². The molecule has 19 heavy (non-hydrogen) atoms. The molecule has 1 aliphatic rings. The third-order valence-electron chi connectivity index (χ3n) is 3.82. The van der Waals surface area contributed by atoms with Crippen LogP contribution in [-0.4, -0.2) is 14.5 Å². The van der Waals surface area contributed by atoms with Crippen molar-refractivity contribution in [3.63, 3.8) is 0 Å². The number of rotatable bonds is 1. The Hall–Kier alpha value is -2.36. The van der Waals surface area contributed by atoms with Gasteiger partial charge in [0.15, 0.2) is 0 Å². The molecule has 0 radical (unpaired) electrons. The van der Waals surface area contributed by atoms with Gasteiger partial charge >= 0.3 is 0 Å². The third-order valence-corrected chi connectivity index (χ3v) is 3.82. The van der Waals surface area contributed by atoms with Crippen LogP contribution in [0.5, 0.6) is 0 Å². The maximum absolute atomic E-state index is 6.05. The molecule has 0 amide bonds. The van der Waals surface area contributed by atoms with Gasteiger partial charge in [-0.05, 0) is 48.6 Å². The average Bonchev–Trinajstić information content (AvgIpc) is 3.00. The van der Waals surface area contributed by atoms with Crippen molar-refractivity contribution in [2.45, 2.75) is 19.3 Å². The Morgan fingerprint density at radius 1 is 1.11 bits per heavy atom. The molecule has 1 aliphatic carbocycles. The number of anilines is 1. The molecule has 0 spiro atoms. The van der Waals surface area contributed by atoms with Crippen LogP contribution in [0.2, 0.25) is 0 Å². The van der Waals surface area contributed by atoms with E-state index in [4.69, 9.17) is 5.73 Å². The molecule has 3 aromatic rings. The summed E-state index contributed by atoms with van der Waals surface area (Å²) in [5, 5.41) is 0. The molecule has 0 atom stereocenters. The molecule has 0 aliphatic heterocycles. The number of nitrogen functional groups attached to an aromatic ring is 1. The van der Waals surface area contributed by atoms with E-state index in [1.54, 1.807) is 12.4 Å². The molecule has 94 valence electrons. The monoisotopic (exact) mass is 250 g/mol. The zero-order valence-corrected chi connectivity index (χ0v) is 10.5. The van der Waals surface area contributed by atoms with Gasteiger partial charge in [-0.2, -0.15) is 0 Å². The summed E-state index contributed by atoms with van der Waals surface area (Å²) < 4.78 is 2.00.